The average Bonchev–Trinajstić information content (AvgIpc) is 3.11. The number of nitrogens with zero attached hydrogens (tertiary/aromatic N) is 1. The Kier molecular flexibility index (Phi) is 8.22. The van der Waals surface area contributed by atoms with Crippen molar-refractivity contribution in [2.75, 3.05) is 19.8 Å². The van der Waals surface area contributed by atoms with Gasteiger partial charge in [-0.05, 0) is 59.7 Å². The number of ether oxygens (including phenoxy) is 5. The molecule has 0 amide bonds. The Labute approximate surface area is 219 Å². The van der Waals surface area contributed by atoms with E-state index in [1.165, 1.54) is 6.07 Å². The molecule has 1 aliphatic rings. The third-order valence-electron chi connectivity index (χ3n) is 5.37. The molecule has 200 valence electrons. The maximum absolute atomic E-state index is 13.6. The molecule has 0 bridgehead atoms. The number of aromatic nitrogens is 1. The van der Waals surface area contributed by atoms with Crippen molar-refractivity contribution in [2.24, 2.45) is 0 Å². The van der Waals surface area contributed by atoms with Crippen molar-refractivity contribution in [3.8, 4) is 5.88 Å². The molecule has 0 fully saturated rings. The van der Waals surface area contributed by atoms with Gasteiger partial charge in [0.25, 0.3) is 0 Å². The summed E-state index contributed by atoms with van der Waals surface area (Å²) in [6.07, 6.45) is -0.236. The van der Waals surface area contributed by atoms with Gasteiger partial charge in [0, 0.05) is 16.8 Å². The molecule has 0 atom stereocenters. The van der Waals surface area contributed by atoms with Crippen LogP contribution in [0.1, 0.15) is 53.5 Å². The van der Waals surface area contributed by atoms with Crippen LogP contribution in [0.2, 0.25) is 5.02 Å². The molecule has 0 aliphatic carbocycles. The third-order valence-corrected chi connectivity index (χ3v) is 5.60. The fourth-order valence-corrected chi connectivity index (χ4v) is 4.26. The lowest BCUT2D eigenvalue weighted by atomic mass is 9.75. The van der Waals surface area contributed by atoms with Crippen molar-refractivity contribution in [1.82, 2.24) is 4.57 Å². The number of allylic oxidation sites excluding steroid dienone is 1. The number of carbonyl (C=O) groups is 4. The summed E-state index contributed by atoms with van der Waals surface area (Å²) in [5.74, 6) is -2.93. The van der Waals surface area contributed by atoms with Crippen LogP contribution in [0.5, 0.6) is 5.88 Å². The van der Waals surface area contributed by atoms with E-state index in [1.807, 2.05) is 0 Å². The predicted octanol–water partition coefficient (Wildman–Crippen LogP) is 4.67. The zero-order valence-corrected chi connectivity index (χ0v) is 22.4. The summed E-state index contributed by atoms with van der Waals surface area (Å²) in [6, 6.07) is 4.59. The van der Waals surface area contributed by atoms with E-state index in [-0.39, 0.29) is 52.9 Å². The van der Waals surface area contributed by atoms with E-state index < -0.39 is 41.4 Å². The highest BCUT2D eigenvalue weighted by molar-refractivity contribution is 6.31. The SMILES string of the molecule is CCOC(=O)/C=C1/CC(C(=O)OCC)(C(=O)OCC)c2c(n(C(=O)OC(C)(C)C)c3ccc(Cl)cc23)O1. The molecule has 37 heavy (non-hydrogen) atoms. The van der Waals surface area contributed by atoms with Gasteiger partial charge in [-0.3, -0.25) is 9.59 Å². The Morgan fingerprint density at radius 1 is 1.03 bits per heavy atom. The summed E-state index contributed by atoms with van der Waals surface area (Å²) in [7, 11) is 0. The molecule has 1 aromatic heterocycles. The number of esters is 3. The van der Waals surface area contributed by atoms with Crippen LogP contribution < -0.4 is 4.74 Å². The van der Waals surface area contributed by atoms with Gasteiger partial charge in [-0.25, -0.2) is 14.2 Å². The van der Waals surface area contributed by atoms with Crippen molar-refractivity contribution in [2.45, 2.75) is 59.0 Å². The first-order chi connectivity index (χ1) is 17.4. The summed E-state index contributed by atoms with van der Waals surface area (Å²) in [4.78, 5) is 53.0. The lowest BCUT2D eigenvalue weighted by Gasteiger charge is -2.34. The molecule has 0 saturated heterocycles. The minimum atomic E-state index is -2.12. The van der Waals surface area contributed by atoms with Crippen LogP contribution in [0, 0.1) is 0 Å². The first kappa shape index (κ1) is 28.0. The van der Waals surface area contributed by atoms with Gasteiger partial charge in [0.1, 0.15) is 11.4 Å². The van der Waals surface area contributed by atoms with Gasteiger partial charge in [-0.15, -0.1) is 0 Å². The Balaban J connectivity index is 2.46. The molecule has 0 unspecified atom stereocenters. The predicted molar refractivity (Wildman–Crippen MR) is 133 cm³/mol. The first-order valence-corrected chi connectivity index (χ1v) is 12.2. The summed E-state index contributed by atoms with van der Waals surface area (Å²) in [6.45, 7) is 9.88. The van der Waals surface area contributed by atoms with E-state index in [4.69, 9.17) is 35.3 Å². The first-order valence-electron chi connectivity index (χ1n) is 11.9. The highest BCUT2D eigenvalue weighted by atomic mass is 35.5. The summed E-state index contributed by atoms with van der Waals surface area (Å²) >= 11 is 6.29. The maximum atomic E-state index is 13.6. The van der Waals surface area contributed by atoms with E-state index in [0.29, 0.717) is 0 Å². The molecule has 2 heterocycles. The van der Waals surface area contributed by atoms with E-state index in [9.17, 15) is 19.2 Å². The van der Waals surface area contributed by atoms with Crippen molar-refractivity contribution in [1.29, 1.82) is 0 Å². The number of hydrogen-bond acceptors (Lipinski definition) is 9. The molecule has 0 saturated carbocycles. The van der Waals surface area contributed by atoms with Crippen molar-refractivity contribution < 1.29 is 42.9 Å². The van der Waals surface area contributed by atoms with Gasteiger partial charge < -0.3 is 23.7 Å². The van der Waals surface area contributed by atoms with Crippen LogP contribution >= 0.6 is 11.6 Å². The number of rotatable bonds is 6. The average molecular weight is 536 g/mol. The second kappa shape index (κ2) is 10.8. The molecule has 3 rings (SSSR count). The van der Waals surface area contributed by atoms with E-state index in [0.717, 1.165) is 10.6 Å². The summed E-state index contributed by atoms with van der Waals surface area (Å²) in [5, 5.41) is 0.566. The second-order valence-electron chi connectivity index (χ2n) is 9.15. The smallest absolute Gasteiger partial charge is 0.421 e. The molecule has 1 aromatic carbocycles. The number of carbonyl (C=O) groups excluding carboxylic acids is 4. The van der Waals surface area contributed by atoms with Gasteiger partial charge in [-0.1, -0.05) is 11.6 Å². The molecule has 2 aromatic rings. The number of benzene rings is 1. The van der Waals surface area contributed by atoms with Crippen molar-refractivity contribution in [3.05, 3.63) is 40.6 Å². The molecule has 10 nitrogen and oxygen atoms in total. The van der Waals surface area contributed by atoms with Gasteiger partial charge in [0.15, 0.2) is 0 Å². The minimum Gasteiger partial charge on any atom is -0.465 e. The maximum Gasteiger partial charge on any atom is 0.421 e. The van der Waals surface area contributed by atoms with Gasteiger partial charge in [0.05, 0.1) is 37.0 Å². The highest BCUT2D eigenvalue weighted by Crippen LogP contribution is 2.50. The monoisotopic (exact) mass is 535 g/mol. The molecule has 11 heteroatoms. The zero-order valence-electron chi connectivity index (χ0n) is 21.6. The Bertz CT molecular complexity index is 1250. The largest absolute Gasteiger partial charge is 0.465 e. The quantitative estimate of drug-likeness (QED) is 0.225. The highest BCUT2D eigenvalue weighted by Gasteiger charge is 2.58. The van der Waals surface area contributed by atoms with Crippen LogP contribution in [0.4, 0.5) is 4.79 Å². The number of hydrogen-bond donors (Lipinski definition) is 0. The lowest BCUT2D eigenvalue weighted by molar-refractivity contribution is -0.166. The lowest BCUT2D eigenvalue weighted by Crippen LogP contribution is -2.49. The second-order valence-corrected chi connectivity index (χ2v) is 9.58. The topological polar surface area (TPSA) is 119 Å². The fraction of sp³-hybridized carbons (Fsp3) is 0.462. The van der Waals surface area contributed by atoms with Crippen LogP contribution in [-0.4, -0.2) is 54.0 Å². The van der Waals surface area contributed by atoms with E-state index in [2.05, 4.69) is 0 Å². The van der Waals surface area contributed by atoms with Crippen LogP contribution in [-0.2, 0) is 38.7 Å². The van der Waals surface area contributed by atoms with Crippen LogP contribution in [0.25, 0.3) is 10.9 Å². The van der Waals surface area contributed by atoms with Gasteiger partial charge >= 0.3 is 24.0 Å². The van der Waals surface area contributed by atoms with Gasteiger partial charge in [0.2, 0.25) is 11.3 Å². The van der Waals surface area contributed by atoms with Crippen molar-refractivity contribution in [3.63, 3.8) is 0 Å². The third kappa shape index (κ3) is 5.44. The normalized spacial score (nSPS) is 15.5. The Hall–Kier alpha value is -3.53. The van der Waals surface area contributed by atoms with Crippen LogP contribution in [0.15, 0.2) is 30.0 Å². The van der Waals surface area contributed by atoms with Crippen LogP contribution in [0.3, 0.4) is 0 Å². The zero-order chi connectivity index (χ0) is 27.5. The fourth-order valence-electron chi connectivity index (χ4n) is 4.08. The summed E-state index contributed by atoms with van der Waals surface area (Å²) < 4.78 is 28.4. The molecule has 1 aliphatic heterocycles. The number of fused-ring (bicyclic) bond motifs is 3. The molecular weight excluding hydrogens is 506 g/mol. The molecule has 0 radical (unpaired) electrons. The standard InChI is InChI=1S/C26H30ClNO9/c1-7-33-19(29)13-16-14-26(22(30)34-8-2,23(31)35-9-3)20-17-12-15(27)10-11-18(17)28(21(20)36-16)24(32)37-25(4,5)6/h10-13H,7-9,14H2,1-6H3/b16-13-. The molecule has 0 N–H and O–H groups in total. The van der Waals surface area contributed by atoms with Gasteiger partial charge in [-0.2, -0.15) is 0 Å². The summed E-state index contributed by atoms with van der Waals surface area (Å²) in [5.41, 5.74) is -2.72. The Morgan fingerprint density at radius 2 is 1.62 bits per heavy atom. The molecule has 0 spiro atoms. The van der Waals surface area contributed by atoms with Crippen molar-refractivity contribution >= 4 is 46.5 Å². The van der Waals surface area contributed by atoms with E-state index >= 15 is 0 Å². The van der Waals surface area contributed by atoms with E-state index in [1.54, 1.807) is 53.7 Å². The minimum absolute atomic E-state index is 0.0220. The number of halogens is 1. The Morgan fingerprint density at radius 3 is 2.16 bits per heavy atom. The molecular formula is C26H30ClNO9.